The van der Waals surface area contributed by atoms with E-state index < -0.39 is 10.2 Å². The molecule has 1 N–H and O–H groups in total. The molecule has 0 saturated heterocycles. The first-order valence-electron chi connectivity index (χ1n) is 10.2. The topological polar surface area (TPSA) is 108 Å². The minimum absolute atomic E-state index is 0.165. The van der Waals surface area contributed by atoms with E-state index in [1.807, 2.05) is 55.5 Å². The zero-order valence-electron chi connectivity index (χ0n) is 17.3. The number of hydrogen-bond acceptors (Lipinski definition) is 7. The highest BCUT2D eigenvalue weighted by atomic mass is 32.3. The van der Waals surface area contributed by atoms with Gasteiger partial charge in [0, 0.05) is 24.3 Å². The van der Waals surface area contributed by atoms with Gasteiger partial charge in [0.25, 0.3) is 0 Å². The van der Waals surface area contributed by atoms with Crippen LogP contribution < -0.4 is 5.32 Å². The van der Waals surface area contributed by atoms with Crippen LogP contribution in [-0.4, -0.2) is 29.3 Å². The predicted molar refractivity (Wildman–Crippen MR) is 121 cm³/mol. The number of anilines is 1. The lowest BCUT2D eigenvalue weighted by molar-refractivity contribution is 0.475. The molecule has 160 valence electrons. The average molecular weight is 445 g/mol. The van der Waals surface area contributed by atoms with E-state index in [2.05, 4.69) is 25.6 Å². The Balaban J connectivity index is 1.63. The van der Waals surface area contributed by atoms with Gasteiger partial charge in [-0.05, 0) is 53.9 Å². The number of sulfone groups is 1. The highest BCUT2D eigenvalue weighted by Gasteiger charge is 2.32. The van der Waals surface area contributed by atoms with Crippen molar-refractivity contribution >= 4 is 32.6 Å². The standard InChI is InChI=1S/C23H20N6O2S/c1-2-16-7-9-18(10-8-16)32(30,31)23-22-26-21(25-15-17-11-13-24-14-12-17)19-5-3-4-6-20(19)29(22)28-27-23/h3-14H,2,15H2,1H3,(H-,25,26,30,31). The molecule has 1 unspecified atom stereocenters. The third-order valence-electron chi connectivity index (χ3n) is 5.33. The Morgan fingerprint density at radius 1 is 1.00 bits per heavy atom. The lowest BCUT2D eigenvalue weighted by atomic mass is 10.2. The molecular weight excluding hydrogens is 424 g/mol. The van der Waals surface area contributed by atoms with Crippen molar-refractivity contribution in [3.05, 3.63) is 84.2 Å². The number of nitrogens with one attached hydrogen (secondary N) is 1. The van der Waals surface area contributed by atoms with Crippen molar-refractivity contribution < 1.29 is 8.76 Å². The van der Waals surface area contributed by atoms with Crippen LogP contribution in [0, 0.1) is 0 Å². The van der Waals surface area contributed by atoms with Crippen molar-refractivity contribution in [3.8, 4) is 0 Å². The van der Waals surface area contributed by atoms with Gasteiger partial charge < -0.3 is 9.87 Å². The molecule has 0 amide bonds. The third kappa shape index (κ3) is 3.51. The number of rotatable bonds is 6. The maximum absolute atomic E-state index is 13.4. The molecule has 0 fully saturated rings. The van der Waals surface area contributed by atoms with E-state index in [-0.39, 0.29) is 15.6 Å². The lowest BCUT2D eigenvalue weighted by Gasteiger charge is -2.13. The normalized spacial score (nSPS) is 13.3. The van der Waals surface area contributed by atoms with Crippen molar-refractivity contribution in [2.75, 3.05) is 5.32 Å². The summed E-state index contributed by atoms with van der Waals surface area (Å²) in [6, 6.07) is 18.2. The second kappa shape index (κ2) is 8.10. The van der Waals surface area contributed by atoms with Gasteiger partial charge in [0.2, 0.25) is 5.65 Å². The van der Waals surface area contributed by atoms with Gasteiger partial charge in [-0.1, -0.05) is 45.7 Å². The molecule has 0 aliphatic heterocycles. The maximum Gasteiger partial charge on any atom is 0.317 e. The number of pyridine rings is 1. The van der Waals surface area contributed by atoms with Crippen LogP contribution in [0.1, 0.15) is 18.1 Å². The minimum atomic E-state index is -3.89. The zero-order valence-corrected chi connectivity index (χ0v) is 18.1. The van der Waals surface area contributed by atoms with E-state index in [1.54, 1.807) is 24.5 Å². The van der Waals surface area contributed by atoms with Gasteiger partial charge in [0.05, 0.1) is 5.52 Å². The Morgan fingerprint density at radius 2 is 1.75 bits per heavy atom. The summed E-state index contributed by atoms with van der Waals surface area (Å²) < 4.78 is 28.2. The Hall–Kier alpha value is -3.69. The van der Waals surface area contributed by atoms with E-state index in [1.165, 1.54) is 4.52 Å². The monoisotopic (exact) mass is 444 g/mol. The van der Waals surface area contributed by atoms with Gasteiger partial charge in [-0.2, -0.15) is 4.52 Å². The molecule has 5 rings (SSSR count). The smallest absolute Gasteiger partial charge is 0.317 e. The molecule has 8 nitrogen and oxygen atoms in total. The van der Waals surface area contributed by atoms with Gasteiger partial charge in [-0.3, -0.25) is 4.98 Å². The largest absolute Gasteiger partial charge is 0.604 e. The summed E-state index contributed by atoms with van der Waals surface area (Å²) in [7, 11) is -3.89. The number of nitrogens with zero attached hydrogens (tertiary/aromatic N) is 5. The number of aromatic nitrogens is 5. The average Bonchev–Trinajstić information content (AvgIpc) is 3.28. The number of fused-ring (bicyclic) bond motifs is 3. The van der Waals surface area contributed by atoms with Crippen LogP contribution in [0.2, 0.25) is 0 Å². The number of para-hydroxylation sites is 1. The molecule has 5 aromatic rings. The van der Waals surface area contributed by atoms with Crippen LogP contribution in [0.4, 0.5) is 5.82 Å². The van der Waals surface area contributed by atoms with Gasteiger partial charge >= 0.3 is 5.03 Å². The molecule has 0 aliphatic carbocycles. The van der Waals surface area contributed by atoms with Crippen molar-refractivity contribution in [2.24, 2.45) is 0 Å². The van der Waals surface area contributed by atoms with Crippen LogP contribution in [0.15, 0.2) is 83.0 Å². The first kappa shape index (κ1) is 20.2. The lowest BCUT2D eigenvalue weighted by Crippen LogP contribution is -2.13. The summed E-state index contributed by atoms with van der Waals surface area (Å²) in [4.78, 5) is 8.83. The minimum Gasteiger partial charge on any atom is -0.604 e. The molecule has 0 spiro atoms. The van der Waals surface area contributed by atoms with Gasteiger partial charge in [0.15, 0.2) is 4.90 Å². The number of benzene rings is 2. The van der Waals surface area contributed by atoms with E-state index in [9.17, 15) is 8.76 Å². The van der Waals surface area contributed by atoms with E-state index >= 15 is 0 Å². The number of hydrogen-bond donors (Lipinski definition) is 1. The highest BCUT2D eigenvalue weighted by Crippen LogP contribution is 2.31. The third-order valence-corrected chi connectivity index (χ3v) is 6.99. The van der Waals surface area contributed by atoms with E-state index in [0.717, 1.165) is 22.9 Å². The highest BCUT2D eigenvalue weighted by molar-refractivity contribution is 7.97. The molecule has 0 saturated carbocycles. The first-order valence-corrected chi connectivity index (χ1v) is 11.7. The quantitative estimate of drug-likeness (QED) is 0.396. The van der Waals surface area contributed by atoms with Gasteiger partial charge in [-0.25, -0.2) is 4.98 Å². The zero-order chi connectivity index (χ0) is 22.1. The van der Waals surface area contributed by atoms with Crippen molar-refractivity contribution in [1.29, 1.82) is 0 Å². The summed E-state index contributed by atoms with van der Waals surface area (Å²) in [5.41, 5.74) is 2.98. The van der Waals surface area contributed by atoms with Crippen LogP contribution in [0.25, 0.3) is 16.6 Å². The second-order valence-corrected chi connectivity index (χ2v) is 9.18. The molecule has 1 atom stereocenters. The molecular formula is C23H20N6O2S. The molecule has 0 bridgehead atoms. The fraction of sp³-hybridized carbons (Fsp3) is 0.130. The van der Waals surface area contributed by atoms with Crippen molar-refractivity contribution in [1.82, 2.24) is 24.8 Å². The Morgan fingerprint density at radius 3 is 2.50 bits per heavy atom. The molecule has 3 heterocycles. The summed E-state index contributed by atoms with van der Waals surface area (Å²) in [6.07, 6.45) is 4.28. The van der Waals surface area contributed by atoms with Crippen LogP contribution in [-0.2, 0) is 27.4 Å². The number of aryl methyl sites for hydroxylation is 1. The van der Waals surface area contributed by atoms with Crippen molar-refractivity contribution in [3.63, 3.8) is 0 Å². The summed E-state index contributed by atoms with van der Waals surface area (Å²) in [5, 5.41) is 12.1. The van der Waals surface area contributed by atoms with Crippen LogP contribution >= 0.6 is 0 Å². The maximum atomic E-state index is 13.4. The van der Waals surface area contributed by atoms with Crippen molar-refractivity contribution in [2.45, 2.75) is 29.8 Å². The second-order valence-electron chi connectivity index (χ2n) is 7.32. The molecule has 2 aromatic carbocycles. The van der Waals surface area contributed by atoms with Gasteiger partial charge in [-0.15, -0.1) is 0 Å². The Kier molecular flexibility index (Phi) is 5.12. The van der Waals surface area contributed by atoms with E-state index in [0.29, 0.717) is 17.9 Å². The summed E-state index contributed by atoms with van der Waals surface area (Å²) in [5.74, 6) is 0.560. The van der Waals surface area contributed by atoms with Crippen LogP contribution in [0.5, 0.6) is 0 Å². The first-order chi connectivity index (χ1) is 15.6. The van der Waals surface area contributed by atoms with E-state index in [4.69, 9.17) is 0 Å². The molecule has 9 heteroatoms. The molecule has 0 aliphatic rings. The molecule has 32 heavy (non-hydrogen) atoms. The fourth-order valence-corrected chi connectivity index (χ4v) is 4.79. The Labute approximate surface area is 185 Å². The Bertz CT molecular complexity index is 1450. The molecule has 3 aromatic heterocycles. The summed E-state index contributed by atoms with van der Waals surface area (Å²) in [6.45, 7) is 2.53. The molecule has 0 radical (unpaired) electrons. The summed E-state index contributed by atoms with van der Waals surface area (Å²) >= 11 is 0. The predicted octanol–water partition coefficient (Wildman–Crippen LogP) is 3.89. The SMILES string of the molecule is CCc1ccc([S+](=O)([O-])c2nnn3c2nc(NCc2ccncc2)c2ccccc23)cc1. The van der Waals surface area contributed by atoms with Gasteiger partial charge in [0.1, 0.15) is 16.0 Å². The fourth-order valence-electron chi connectivity index (χ4n) is 3.56. The van der Waals surface area contributed by atoms with Crippen LogP contribution in [0.3, 0.4) is 0 Å².